The average molecular weight is 211 g/mol. The maximum atomic E-state index is 10.4. The molecular formula is C6H14NO5P. The molecule has 7 heteroatoms. The monoisotopic (exact) mass is 211 g/mol. The van der Waals surface area contributed by atoms with E-state index in [1.54, 1.807) is 0 Å². The Kier molecular flexibility index (Phi) is 5.17. The summed E-state index contributed by atoms with van der Waals surface area (Å²) in [6, 6.07) is -0.934. The molecule has 0 aromatic carbocycles. The largest absolute Gasteiger partial charge is 0.480 e. The maximum Gasteiger partial charge on any atom is 0.325 e. The molecule has 0 aliphatic heterocycles. The molecule has 0 aromatic rings. The molecule has 0 spiro atoms. The summed E-state index contributed by atoms with van der Waals surface area (Å²) in [5.41, 5.74) is 5.17. The summed E-state index contributed by atoms with van der Waals surface area (Å²) in [7, 11) is -3.94. The highest BCUT2D eigenvalue weighted by atomic mass is 31.2. The van der Waals surface area contributed by atoms with Crippen molar-refractivity contribution in [3.05, 3.63) is 0 Å². The van der Waals surface area contributed by atoms with E-state index in [1.165, 1.54) is 0 Å². The lowest BCUT2D eigenvalue weighted by Gasteiger charge is -2.06. The molecule has 5 N–H and O–H groups in total. The van der Waals surface area contributed by atoms with Gasteiger partial charge in [-0.3, -0.25) is 9.36 Å². The van der Waals surface area contributed by atoms with E-state index in [0.29, 0.717) is 12.8 Å². The van der Waals surface area contributed by atoms with Crippen LogP contribution in [0.1, 0.15) is 19.3 Å². The number of aliphatic carboxylic acids is 1. The van der Waals surface area contributed by atoms with Crippen molar-refractivity contribution in [3.8, 4) is 0 Å². The van der Waals surface area contributed by atoms with Gasteiger partial charge in [-0.15, -0.1) is 0 Å². The first kappa shape index (κ1) is 12.6. The molecule has 0 amide bonds. The first-order chi connectivity index (χ1) is 5.83. The van der Waals surface area contributed by atoms with Crippen molar-refractivity contribution in [2.24, 2.45) is 5.73 Å². The van der Waals surface area contributed by atoms with Crippen molar-refractivity contribution in [2.75, 3.05) is 6.16 Å². The van der Waals surface area contributed by atoms with Gasteiger partial charge in [-0.05, 0) is 12.8 Å². The lowest BCUT2D eigenvalue weighted by atomic mass is 10.1. The number of carbonyl (C=O) groups is 1. The van der Waals surface area contributed by atoms with Crippen molar-refractivity contribution in [2.45, 2.75) is 25.3 Å². The number of nitrogens with two attached hydrogens (primary N) is 1. The number of carboxylic acid groups (broad SMARTS) is 1. The summed E-state index contributed by atoms with van der Waals surface area (Å²) in [5, 5.41) is 8.36. The van der Waals surface area contributed by atoms with Crippen molar-refractivity contribution >= 4 is 13.6 Å². The van der Waals surface area contributed by atoms with Crippen LogP contribution in [-0.4, -0.2) is 33.1 Å². The van der Waals surface area contributed by atoms with E-state index in [-0.39, 0.29) is 12.6 Å². The van der Waals surface area contributed by atoms with Gasteiger partial charge in [0.05, 0.1) is 0 Å². The summed E-state index contributed by atoms with van der Waals surface area (Å²) in [5.74, 6) is -1.09. The minimum absolute atomic E-state index is 0.209. The standard InChI is InChI=1S/C6H14NO5P/c7-5(6(8)9)3-1-2-4-13(10,11)12/h5H,1-4,7H2,(H,8,9)(H2,10,11,12)/t5-/m1/s1. The molecule has 0 saturated heterocycles. The Labute approximate surface area is 75.9 Å². The fourth-order valence-electron chi connectivity index (χ4n) is 0.806. The zero-order chi connectivity index (χ0) is 10.5. The van der Waals surface area contributed by atoms with Gasteiger partial charge in [0.1, 0.15) is 6.04 Å². The summed E-state index contributed by atoms with van der Waals surface area (Å²) in [6.07, 6.45) is 0.749. The molecule has 0 aliphatic rings. The molecule has 0 unspecified atom stereocenters. The van der Waals surface area contributed by atoms with Gasteiger partial charge in [0.15, 0.2) is 0 Å². The van der Waals surface area contributed by atoms with E-state index in [1.807, 2.05) is 0 Å². The molecule has 1 atom stereocenters. The van der Waals surface area contributed by atoms with Crippen molar-refractivity contribution < 1.29 is 24.3 Å². The van der Waals surface area contributed by atoms with Gasteiger partial charge in [0, 0.05) is 6.16 Å². The molecule has 0 bridgehead atoms. The Hall–Kier alpha value is -0.420. The molecule has 0 fully saturated rings. The second-order valence-electron chi connectivity index (χ2n) is 2.83. The van der Waals surface area contributed by atoms with Crippen LogP contribution in [0.4, 0.5) is 0 Å². The molecule has 78 valence electrons. The van der Waals surface area contributed by atoms with Crippen molar-refractivity contribution in [1.29, 1.82) is 0 Å². The topological polar surface area (TPSA) is 121 Å². The van der Waals surface area contributed by atoms with Crippen LogP contribution in [0.5, 0.6) is 0 Å². The molecule has 13 heavy (non-hydrogen) atoms. The molecule has 0 radical (unpaired) electrons. The average Bonchev–Trinajstić information content (AvgIpc) is 1.95. The van der Waals surface area contributed by atoms with Crippen LogP contribution in [0.15, 0.2) is 0 Å². The molecule has 0 saturated carbocycles. The molecular weight excluding hydrogens is 197 g/mol. The van der Waals surface area contributed by atoms with Crippen LogP contribution in [0, 0.1) is 0 Å². The van der Waals surface area contributed by atoms with E-state index < -0.39 is 19.6 Å². The number of carboxylic acids is 1. The summed E-state index contributed by atoms with van der Waals surface area (Å²) in [6.45, 7) is 0. The Morgan fingerprint density at radius 2 is 1.92 bits per heavy atom. The summed E-state index contributed by atoms with van der Waals surface area (Å²) < 4.78 is 10.4. The highest BCUT2D eigenvalue weighted by molar-refractivity contribution is 7.51. The second kappa shape index (κ2) is 5.34. The molecule has 0 aliphatic carbocycles. The van der Waals surface area contributed by atoms with Gasteiger partial charge in [0.2, 0.25) is 0 Å². The fraction of sp³-hybridized carbons (Fsp3) is 0.833. The van der Waals surface area contributed by atoms with Gasteiger partial charge in [-0.25, -0.2) is 0 Å². The third-order valence-electron chi connectivity index (χ3n) is 1.53. The highest BCUT2D eigenvalue weighted by Gasteiger charge is 2.14. The smallest absolute Gasteiger partial charge is 0.325 e. The van der Waals surface area contributed by atoms with Crippen LogP contribution in [0.3, 0.4) is 0 Å². The molecule has 0 aromatic heterocycles. The Morgan fingerprint density at radius 3 is 2.31 bits per heavy atom. The number of rotatable bonds is 6. The predicted molar refractivity (Wildman–Crippen MR) is 46.4 cm³/mol. The SMILES string of the molecule is N[C@H](CCCCP(=O)(O)O)C(=O)O. The zero-order valence-electron chi connectivity index (χ0n) is 7.09. The summed E-state index contributed by atoms with van der Waals surface area (Å²) in [4.78, 5) is 27.1. The van der Waals surface area contributed by atoms with Crippen LogP contribution >= 0.6 is 7.60 Å². The quantitative estimate of drug-likeness (QED) is 0.355. The predicted octanol–water partition coefficient (Wildman–Crippen LogP) is -0.254. The molecule has 0 heterocycles. The third kappa shape index (κ3) is 7.93. The number of hydrogen-bond acceptors (Lipinski definition) is 3. The number of unbranched alkanes of at least 4 members (excludes halogenated alkanes) is 1. The van der Waals surface area contributed by atoms with Gasteiger partial charge in [0.25, 0.3) is 0 Å². The van der Waals surface area contributed by atoms with Crippen LogP contribution in [0.25, 0.3) is 0 Å². The number of hydrogen-bond donors (Lipinski definition) is 4. The van der Waals surface area contributed by atoms with Crippen molar-refractivity contribution in [3.63, 3.8) is 0 Å². The lowest BCUT2D eigenvalue weighted by Crippen LogP contribution is -2.29. The highest BCUT2D eigenvalue weighted by Crippen LogP contribution is 2.35. The van der Waals surface area contributed by atoms with E-state index in [2.05, 4.69) is 0 Å². The minimum Gasteiger partial charge on any atom is -0.480 e. The van der Waals surface area contributed by atoms with E-state index >= 15 is 0 Å². The van der Waals surface area contributed by atoms with Crippen LogP contribution < -0.4 is 5.73 Å². The van der Waals surface area contributed by atoms with Crippen molar-refractivity contribution in [1.82, 2.24) is 0 Å². The fourth-order valence-corrected chi connectivity index (χ4v) is 1.44. The maximum absolute atomic E-state index is 10.4. The van der Waals surface area contributed by atoms with E-state index in [0.717, 1.165) is 0 Å². The summed E-state index contributed by atoms with van der Waals surface area (Å²) >= 11 is 0. The normalized spacial score (nSPS) is 14.1. The Morgan fingerprint density at radius 1 is 1.38 bits per heavy atom. The second-order valence-corrected chi connectivity index (χ2v) is 4.61. The minimum atomic E-state index is -3.94. The van der Waals surface area contributed by atoms with E-state index in [4.69, 9.17) is 20.6 Å². The third-order valence-corrected chi connectivity index (χ3v) is 2.43. The van der Waals surface area contributed by atoms with Gasteiger partial charge in [-0.2, -0.15) is 0 Å². The van der Waals surface area contributed by atoms with Crippen LogP contribution in [0.2, 0.25) is 0 Å². The first-order valence-electron chi connectivity index (χ1n) is 3.86. The Balaban J connectivity index is 3.47. The van der Waals surface area contributed by atoms with Crippen LogP contribution in [-0.2, 0) is 9.36 Å². The zero-order valence-corrected chi connectivity index (χ0v) is 7.98. The molecule has 0 rings (SSSR count). The van der Waals surface area contributed by atoms with Gasteiger partial charge < -0.3 is 20.6 Å². The lowest BCUT2D eigenvalue weighted by molar-refractivity contribution is -0.138. The van der Waals surface area contributed by atoms with Gasteiger partial charge in [-0.1, -0.05) is 6.42 Å². The molecule has 6 nitrogen and oxygen atoms in total. The van der Waals surface area contributed by atoms with E-state index in [9.17, 15) is 9.36 Å². The van der Waals surface area contributed by atoms with Gasteiger partial charge >= 0.3 is 13.6 Å². The Bertz CT molecular complexity index is 213. The first-order valence-corrected chi connectivity index (χ1v) is 5.65.